The Hall–Kier alpha value is -3.67. The van der Waals surface area contributed by atoms with Gasteiger partial charge in [-0.1, -0.05) is 63.7 Å². The van der Waals surface area contributed by atoms with E-state index in [1.54, 1.807) is 39.2 Å². The smallest absolute Gasteiger partial charge is 0.338 e. The van der Waals surface area contributed by atoms with Crippen molar-refractivity contribution in [2.75, 3.05) is 20.8 Å². The van der Waals surface area contributed by atoms with Crippen molar-refractivity contribution in [2.45, 2.75) is 26.5 Å². The van der Waals surface area contributed by atoms with Crippen LogP contribution in [0.3, 0.4) is 0 Å². The summed E-state index contributed by atoms with van der Waals surface area (Å²) in [4.78, 5) is 32.4. The fraction of sp³-hybridized carbons (Fsp3) is 0.219. The summed E-state index contributed by atoms with van der Waals surface area (Å²) in [6.07, 6.45) is 1.81. The van der Waals surface area contributed by atoms with Crippen LogP contribution in [0.5, 0.6) is 17.2 Å². The van der Waals surface area contributed by atoms with Crippen LogP contribution in [0.1, 0.15) is 36.6 Å². The van der Waals surface area contributed by atoms with Crippen LogP contribution in [-0.4, -0.2) is 31.4 Å². The summed E-state index contributed by atoms with van der Waals surface area (Å²) in [6, 6.07) is 18.3. The second-order valence-corrected chi connectivity index (χ2v) is 12.2. The zero-order chi connectivity index (χ0) is 30.7. The summed E-state index contributed by atoms with van der Waals surface area (Å²) in [5.74, 6) is 1.11. The van der Waals surface area contributed by atoms with Crippen molar-refractivity contribution in [3.05, 3.63) is 117 Å². The van der Waals surface area contributed by atoms with Crippen molar-refractivity contribution >= 4 is 55.2 Å². The molecule has 1 aliphatic heterocycles. The summed E-state index contributed by atoms with van der Waals surface area (Å²) in [7, 11) is 3.08. The van der Waals surface area contributed by atoms with Gasteiger partial charge in [0.15, 0.2) is 16.3 Å². The number of carbonyl (C=O) groups excluding carboxylic acids is 1. The zero-order valence-corrected chi connectivity index (χ0v) is 27.8. The number of hydrogen-bond donors (Lipinski definition) is 0. The average Bonchev–Trinajstić information content (AvgIpc) is 3.30. The molecule has 2 heterocycles. The lowest BCUT2D eigenvalue weighted by Crippen LogP contribution is -2.40. The highest BCUT2D eigenvalue weighted by Crippen LogP contribution is 2.40. The number of methoxy groups -OCH3 is 2. The van der Waals surface area contributed by atoms with E-state index in [2.05, 4.69) is 36.9 Å². The molecule has 0 saturated carbocycles. The Morgan fingerprint density at radius 3 is 2.40 bits per heavy atom. The summed E-state index contributed by atoms with van der Waals surface area (Å²) < 4.78 is 25.8. The zero-order valence-electron chi connectivity index (χ0n) is 23.9. The van der Waals surface area contributed by atoms with Gasteiger partial charge in [-0.25, -0.2) is 9.79 Å². The number of aromatic nitrogens is 1. The minimum atomic E-state index is -0.813. The number of carbonyl (C=O) groups is 1. The molecule has 0 bridgehead atoms. The molecule has 0 unspecified atom stereocenters. The Balaban J connectivity index is 1.59. The van der Waals surface area contributed by atoms with Crippen molar-refractivity contribution in [1.82, 2.24) is 4.57 Å². The van der Waals surface area contributed by atoms with Gasteiger partial charge in [0, 0.05) is 4.47 Å². The SMILES string of the molecule is CCOC(=O)C1=C(C)N=c2s/c(=C\c3ccc(OCc4ccccc4)c(Br)c3)c(=O)n2[C@@H]1c1cc(OC)c(OC)cc1Br. The van der Waals surface area contributed by atoms with Gasteiger partial charge in [-0.2, -0.15) is 0 Å². The lowest BCUT2D eigenvalue weighted by atomic mass is 9.95. The van der Waals surface area contributed by atoms with Crippen LogP contribution >= 0.6 is 43.2 Å². The number of nitrogens with zero attached hydrogens (tertiary/aromatic N) is 2. The summed E-state index contributed by atoms with van der Waals surface area (Å²) in [5, 5.41) is 0. The minimum absolute atomic E-state index is 0.180. The quantitative estimate of drug-likeness (QED) is 0.199. The van der Waals surface area contributed by atoms with E-state index in [-0.39, 0.29) is 17.7 Å². The largest absolute Gasteiger partial charge is 0.493 e. The maximum absolute atomic E-state index is 14.0. The molecule has 5 rings (SSSR count). The molecule has 0 spiro atoms. The van der Waals surface area contributed by atoms with Crippen LogP contribution in [0.25, 0.3) is 6.08 Å². The third-order valence-corrected chi connectivity index (χ3v) is 9.09. The number of allylic oxidation sites excluding steroid dienone is 1. The van der Waals surface area contributed by atoms with Gasteiger partial charge in [0.25, 0.3) is 5.56 Å². The van der Waals surface area contributed by atoms with Gasteiger partial charge < -0.3 is 18.9 Å². The molecule has 0 N–H and O–H groups in total. The molecule has 0 amide bonds. The van der Waals surface area contributed by atoms with Crippen molar-refractivity contribution in [1.29, 1.82) is 0 Å². The van der Waals surface area contributed by atoms with E-state index in [1.807, 2.05) is 48.5 Å². The first-order valence-corrected chi connectivity index (χ1v) is 15.7. The van der Waals surface area contributed by atoms with E-state index in [0.717, 1.165) is 15.6 Å². The van der Waals surface area contributed by atoms with Crippen LogP contribution in [0.15, 0.2) is 90.7 Å². The Bertz CT molecular complexity index is 1900. The molecule has 1 aliphatic rings. The second kappa shape index (κ2) is 13.3. The van der Waals surface area contributed by atoms with E-state index in [1.165, 1.54) is 23.0 Å². The van der Waals surface area contributed by atoms with Gasteiger partial charge in [-0.3, -0.25) is 9.36 Å². The van der Waals surface area contributed by atoms with Crippen LogP contribution in [0.4, 0.5) is 0 Å². The molecule has 0 aliphatic carbocycles. The van der Waals surface area contributed by atoms with Gasteiger partial charge in [0.05, 0.1) is 47.1 Å². The highest BCUT2D eigenvalue weighted by atomic mass is 79.9. The number of rotatable bonds is 9. The van der Waals surface area contributed by atoms with Gasteiger partial charge in [0.2, 0.25) is 0 Å². The molecule has 11 heteroatoms. The molecule has 0 radical (unpaired) electrons. The number of esters is 1. The van der Waals surface area contributed by atoms with Crippen LogP contribution in [0.2, 0.25) is 0 Å². The van der Waals surface area contributed by atoms with E-state index >= 15 is 0 Å². The van der Waals surface area contributed by atoms with E-state index in [4.69, 9.17) is 18.9 Å². The Labute approximate surface area is 269 Å². The molecule has 43 heavy (non-hydrogen) atoms. The molecular weight excluding hydrogens is 700 g/mol. The topological polar surface area (TPSA) is 88.4 Å². The maximum atomic E-state index is 14.0. The van der Waals surface area contributed by atoms with Crippen LogP contribution in [-0.2, 0) is 16.1 Å². The Morgan fingerprint density at radius 2 is 1.72 bits per heavy atom. The van der Waals surface area contributed by atoms with Crippen molar-refractivity contribution in [3.8, 4) is 17.2 Å². The van der Waals surface area contributed by atoms with Crippen molar-refractivity contribution in [2.24, 2.45) is 4.99 Å². The monoisotopic (exact) mass is 726 g/mol. The van der Waals surface area contributed by atoms with Gasteiger partial charge in [0.1, 0.15) is 12.4 Å². The molecule has 222 valence electrons. The van der Waals surface area contributed by atoms with E-state index in [0.29, 0.717) is 48.9 Å². The fourth-order valence-electron chi connectivity index (χ4n) is 4.78. The number of fused-ring (bicyclic) bond motifs is 1. The minimum Gasteiger partial charge on any atom is -0.493 e. The highest BCUT2D eigenvalue weighted by molar-refractivity contribution is 9.10. The lowest BCUT2D eigenvalue weighted by molar-refractivity contribution is -0.139. The maximum Gasteiger partial charge on any atom is 0.338 e. The average molecular weight is 728 g/mol. The third-order valence-electron chi connectivity index (χ3n) is 6.81. The van der Waals surface area contributed by atoms with Crippen LogP contribution in [0, 0.1) is 0 Å². The summed E-state index contributed by atoms with van der Waals surface area (Å²) >= 11 is 8.48. The second-order valence-electron chi connectivity index (χ2n) is 9.50. The van der Waals surface area contributed by atoms with Gasteiger partial charge in [-0.05, 0) is 76.8 Å². The molecule has 8 nitrogen and oxygen atoms in total. The van der Waals surface area contributed by atoms with Crippen LogP contribution < -0.4 is 29.1 Å². The summed E-state index contributed by atoms with van der Waals surface area (Å²) in [5.41, 5.74) is 2.95. The van der Waals surface area contributed by atoms with Crippen molar-refractivity contribution < 1.29 is 23.7 Å². The highest BCUT2D eigenvalue weighted by Gasteiger charge is 2.35. The standard InChI is InChI=1S/C32H28Br2N2O6S/c1-5-41-31(38)28-18(2)35-32-36(29(28)21-15-25(39-3)26(40-4)16-22(21)33)30(37)27(43-32)14-20-11-12-24(23(34)13-20)42-17-19-9-7-6-8-10-19/h6-16,29H,5,17H2,1-4H3/b27-14-/t29-/m1/s1. The first kappa shape index (κ1) is 30.8. The van der Waals surface area contributed by atoms with Gasteiger partial charge >= 0.3 is 5.97 Å². The Kier molecular flexibility index (Phi) is 9.53. The number of ether oxygens (including phenoxy) is 4. The van der Waals surface area contributed by atoms with E-state index in [9.17, 15) is 9.59 Å². The predicted octanol–water partition coefficient (Wildman–Crippen LogP) is 5.92. The first-order valence-electron chi connectivity index (χ1n) is 13.3. The number of halogens is 2. The molecule has 0 saturated heterocycles. The normalized spacial score (nSPS) is 14.7. The molecule has 1 aromatic heterocycles. The molecule has 4 aromatic rings. The molecule has 0 fully saturated rings. The Morgan fingerprint density at radius 1 is 1.00 bits per heavy atom. The van der Waals surface area contributed by atoms with Crippen molar-refractivity contribution in [3.63, 3.8) is 0 Å². The number of thiazole rings is 1. The molecule has 1 atom stereocenters. The molecule has 3 aromatic carbocycles. The summed E-state index contributed by atoms with van der Waals surface area (Å²) in [6.45, 7) is 4.10. The number of hydrogen-bond acceptors (Lipinski definition) is 8. The lowest BCUT2D eigenvalue weighted by Gasteiger charge is -2.26. The predicted molar refractivity (Wildman–Crippen MR) is 173 cm³/mol. The van der Waals surface area contributed by atoms with E-state index < -0.39 is 12.0 Å². The molecular formula is C32H28Br2N2O6S. The third kappa shape index (κ3) is 6.34. The van der Waals surface area contributed by atoms with Gasteiger partial charge in [-0.15, -0.1) is 0 Å². The fourth-order valence-corrected chi connectivity index (χ4v) is 6.87. The number of benzene rings is 3. The first-order chi connectivity index (χ1) is 20.7.